The molecule has 3 aromatic rings. The van der Waals surface area contributed by atoms with Gasteiger partial charge in [0.15, 0.2) is 0 Å². The van der Waals surface area contributed by atoms with E-state index in [1.54, 1.807) is 48.5 Å². The summed E-state index contributed by atoms with van der Waals surface area (Å²) in [6.45, 7) is -0.140. The molecular weight excluding hydrogens is 361 g/mol. The number of aromatic nitrogens is 2. The monoisotopic (exact) mass is 373 g/mol. The number of rotatable bonds is 4. The van der Waals surface area contributed by atoms with Crippen LogP contribution in [0.5, 0.6) is 0 Å². The van der Waals surface area contributed by atoms with E-state index < -0.39 is 0 Å². The van der Waals surface area contributed by atoms with Gasteiger partial charge in [-0.1, -0.05) is 41.4 Å². The normalized spacial score (nSPS) is 10.5. The predicted molar refractivity (Wildman–Crippen MR) is 99.0 cm³/mol. The lowest BCUT2D eigenvalue weighted by molar-refractivity contribution is -0.116. The van der Waals surface area contributed by atoms with Gasteiger partial charge in [0.25, 0.3) is 5.56 Å². The van der Waals surface area contributed by atoms with E-state index in [4.69, 9.17) is 23.2 Å². The largest absolute Gasteiger partial charge is 0.324 e. The molecule has 0 saturated carbocycles. The van der Waals surface area contributed by atoms with Gasteiger partial charge in [0.2, 0.25) is 5.91 Å². The number of carbonyl (C=O) groups excluding carboxylic acids is 1. The van der Waals surface area contributed by atoms with Crippen molar-refractivity contribution in [3.05, 3.63) is 81.3 Å². The Morgan fingerprint density at radius 1 is 1.04 bits per heavy atom. The summed E-state index contributed by atoms with van der Waals surface area (Å²) in [4.78, 5) is 28.5. The van der Waals surface area contributed by atoms with Crippen LogP contribution < -0.4 is 10.9 Å². The Kier molecular flexibility index (Phi) is 5.16. The van der Waals surface area contributed by atoms with Gasteiger partial charge in [-0.3, -0.25) is 14.2 Å². The average molecular weight is 374 g/mol. The zero-order valence-corrected chi connectivity index (χ0v) is 14.5. The Morgan fingerprint density at radius 3 is 2.48 bits per heavy atom. The lowest BCUT2D eigenvalue weighted by Crippen LogP contribution is -2.27. The number of anilines is 1. The van der Waals surface area contributed by atoms with Gasteiger partial charge in [0.05, 0.1) is 12.0 Å². The topological polar surface area (TPSA) is 64.0 Å². The smallest absolute Gasteiger partial charge is 0.254 e. The SMILES string of the molecule is O=C(Cn1cnc(-c2ccc(Cl)cc2)cc1=O)Nc1cccc(Cl)c1. The molecule has 0 aliphatic heterocycles. The standard InChI is InChI=1S/C18H13Cl2N3O2/c19-13-6-4-12(5-7-13)16-9-18(25)23(11-21-16)10-17(24)22-15-3-1-2-14(20)8-15/h1-9,11H,10H2,(H,22,24). The Morgan fingerprint density at radius 2 is 1.80 bits per heavy atom. The molecule has 0 spiro atoms. The molecule has 1 heterocycles. The van der Waals surface area contributed by atoms with Gasteiger partial charge in [-0.05, 0) is 30.3 Å². The third-order valence-corrected chi connectivity index (χ3v) is 3.93. The van der Waals surface area contributed by atoms with E-state index in [-0.39, 0.29) is 18.0 Å². The third-order valence-electron chi connectivity index (χ3n) is 3.44. The van der Waals surface area contributed by atoms with Crippen molar-refractivity contribution in [1.29, 1.82) is 0 Å². The highest BCUT2D eigenvalue weighted by Crippen LogP contribution is 2.18. The summed E-state index contributed by atoms with van der Waals surface area (Å²) < 4.78 is 1.24. The lowest BCUT2D eigenvalue weighted by atomic mass is 10.1. The highest BCUT2D eigenvalue weighted by molar-refractivity contribution is 6.31. The van der Waals surface area contributed by atoms with Crippen LogP contribution in [-0.2, 0) is 11.3 Å². The highest BCUT2D eigenvalue weighted by atomic mass is 35.5. The van der Waals surface area contributed by atoms with E-state index >= 15 is 0 Å². The van der Waals surface area contributed by atoms with Crippen molar-refractivity contribution < 1.29 is 4.79 Å². The van der Waals surface area contributed by atoms with Crippen molar-refractivity contribution in [2.45, 2.75) is 6.54 Å². The maximum atomic E-state index is 12.2. The zero-order valence-electron chi connectivity index (χ0n) is 12.9. The number of hydrogen-bond donors (Lipinski definition) is 1. The second kappa shape index (κ2) is 7.51. The summed E-state index contributed by atoms with van der Waals surface area (Å²) in [5.74, 6) is -0.342. The van der Waals surface area contributed by atoms with Gasteiger partial charge < -0.3 is 5.32 Å². The Balaban J connectivity index is 1.74. The second-order valence-electron chi connectivity index (χ2n) is 5.31. The molecule has 1 aromatic heterocycles. The predicted octanol–water partition coefficient (Wildman–Crippen LogP) is 3.86. The summed E-state index contributed by atoms with van der Waals surface area (Å²) in [5.41, 5.74) is 1.54. The highest BCUT2D eigenvalue weighted by Gasteiger charge is 2.08. The first-order chi connectivity index (χ1) is 12.0. The number of nitrogens with zero attached hydrogens (tertiary/aromatic N) is 2. The van der Waals surface area contributed by atoms with Crippen LogP contribution in [0, 0.1) is 0 Å². The molecule has 3 rings (SSSR count). The molecule has 0 aliphatic carbocycles. The maximum absolute atomic E-state index is 12.2. The zero-order chi connectivity index (χ0) is 17.8. The summed E-state index contributed by atoms with van der Waals surface area (Å²) >= 11 is 11.7. The average Bonchev–Trinajstić information content (AvgIpc) is 2.57. The van der Waals surface area contributed by atoms with Crippen molar-refractivity contribution >= 4 is 34.8 Å². The molecule has 0 radical (unpaired) electrons. The minimum Gasteiger partial charge on any atom is -0.324 e. The molecule has 0 unspecified atom stereocenters. The minimum absolute atomic E-state index is 0.140. The Hall–Kier alpha value is -2.63. The molecule has 1 N–H and O–H groups in total. The summed E-state index contributed by atoms with van der Waals surface area (Å²) in [7, 11) is 0. The first kappa shape index (κ1) is 17.2. The fourth-order valence-electron chi connectivity index (χ4n) is 2.24. The minimum atomic E-state index is -0.342. The molecule has 126 valence electrons. The quantitative estimate of drug-likeness (QED) is 0.755. The van der Waals surface area contributed by atoms with Crippen LogP contribution in [0.4, 0.5) is 5.69 Å². The van der Waals surface area contributed by atoms with Crippen LogP contribution in [0.2, 0.25) is 10.0 Å². The van der Waals surface area contributed by atoms with Crippen molar-refractivity contribution in [1.82, 2.24) is 9.55 Å². The number of halogens is 2. The first-order valence-electron chi connectivity index (χ1n) is 7.39. The Labute approximate surface area is 153 Å². The molecule has 0 aliphatic rings. The number of nitrogens with one attached hydrogen (secondary N) is 1. The van der Waals surface area contributed by atoms with Crippen LogP contribution in [0.25, 0.3) is 11.3 Å². The Bertz CT molecular complexity index is 969. The maximum Gasteiger partial charge on any atom is 0.254 e. The van der Waals surface area contributed by atoms with Crippen LogP contribution in [0.15, 0.2) is 65.7 Å². The van der Waals surface area contributed by atoms with Crippen molar-refractivity contribution in [2.75, 3.05) is 5.32 Å². The van der Waals surface area contributed by atoms with Gasteiger partial charge in [0, 0.05) is 27.4 Å². The lowest BCUT2D eigenvalue weighted by Gasteiger charge is -2.08. The molecule has 0 fully saturated rings. The molecular formula is C18H13Cl2N3O2. The number of amides is 1. The molecule has 1 amide bonds. The molecule has 25 heavy (non-hydrogen) atoms. The van der Waals surface area contributed by atoms with E-state index in [9.17, 15) is 9.59 Å². The van der Waals surface area contributed by atoms with E-state index in [0.717, 1.165) is 5.56 Å². The van der Waals surface area contributed by atoms with Crippen molar-refractivity contribution in [3.8, 4) is 11.3 Å². The van der Waals surface area contributed by atoms with Crippen LogP contribution in [-0.4, -0.2) is 15.5 Å². The molecule has 7 heteroatoms. The first-order valence-corrected chi connectivity index (χ1v) is 8.15. The van der Waals surface area contributed by atoms with Gasteiger partial charge in [-0.2, -0.15) is 0 Å². The second-order valence-corrected chi connectivity index (χ2v) is 6.18. The van der Waals surface area contributed by atoms with E-state index in [2.05, 4.69) is 10.3 Å². The van der Waals surface area contributed by atoms with E-state index in [1.807, 2.05) is 0 Å². The van der Waals surface area contributed by atoms with Crippen LogP contribution >= 0.6 is 23.2 Å². The summed E-state index contributed by atoms with van der Waals surface area (Å²) in [6, 6.07) is 15.2. The summed E-state index contributed by atoms with van der Waals surface area (Å²) in [6.07, 6.45) is 1.35. The molecule has 0 bridgehead atoms. The fourth-order valence-corrected chi connectivity index (χ4v) is 2.56. The van der Waals surface area contributed by atoms with Gasteiger partial charge in [0.1, 0.15) is 6.54 Å². The molecule has 5 nitrogen and oxygen atoms in total. The van der Waals surface area contributed by atoms with Gasteiger partial charge in [-0.25, -0.2) is 4.98 Å². The number of hydrogen-bond acceptors (Lipinski definition) is 3. The van der Waals surface area contributed by atoms with Gasteiger partial charge in [-0.15, -0.1) is 0 Å². The van der Waals surface area contributed by atoms with Crippen LogP contribution in [0.3, 0.4) is 0 Å². The van der Waals surface area contributed by atoms with E-state index in [1.165, 1.54) is 17.0 Å². The fraction of sp³-hybridized carbons (Fsp3) is 0.0556. The van der Waals surface area contributed by atoms with Crippen LogP contribution in [0.1, 0.15) is 0 Å². The molecule has 0 saturated heterocycles. The number of carbonyl (C=O) groups is 1. The van der Waals surface area contributed by atoms with Gasteiger partial charge >= 0.3 is 0 Å². The molecule has 2 aromatic carbocycles. The number of benzene rings is 2. The summed E-state index contributed by atoms with van der Waals surface area (Å²) in [5, 5.41) is 3.81. The van der Waals surface area contributed by atoms with Crippen molar-refractivity contribution in [2.24, 2.45) is 0 Å². The third kappa shape index (κ3) is 4.47. The molecule has 0 atom stereocenters. The van der Waals surface area contributed by atoms with Crippen molar-refractivity contribution in [3.63, 3.8) is 0 Å². The van der Waals surface area contributed by atoms with E-state index in [0.29, 0.717) is 21.4 Å².